The average Bonchev–Trinajstić information content (AvgIpc) is 3.08. The first kappa shape index (κ1) is 16.5. The number of pyridine rings is 1. The summed E-state index contributed by atoms with van der Waals surface area (Å²) in [6, 6.07) is 17.1. The van der Waals surface area contributed by atoms with E-state index in [1.165, 1.54) is 11.8 Å². The van der Waals surface area contributed by atoms with Crippen LogP contribution >= 0.6 is 11.8 Å². The van der Waals surface area contributed by atoms with Crippen molar-refractivity contribution in [3.8, 4) is 0 Å². The van der Waals surface area contributed by atoms with E-state index in [-0.39, 0.29) is 5.56 Å². The topological polar surface area (TPSA) is 73.3 Å². The van der Waals surface area contributed by atoms with Crippen LogP contribution in [0.15, 0.2) is 69.0 Å². The monoisotopic (exact) mass is 364 g/mol. The van der Waals surface area contributed by atoms with Gasteiger partial charge in [-0.25, -0.2) is 4.98 Å². The highest BCUT2D eigenvalue weighted by Crippen LogP contribution is 2.21. The predicted molar refractivity (Wildman–Crippen MR) is 99.3 cm³/mol. The van der Waals surface area contributed by atoms with Crippen molar-refractivity contribution >= 4 is 17.4 Å². The summed E-state index contributed by atoms with van der Waals surface area (Å²) in [6.07, 6.45) is 0.600. The van der Waals surface area contributed by atoms with Crippen molar-refractivity contribution in [2.45, 2.75) is 24.3 Å². The molecule has 0 atom stereocenters. The van der Waals surface area contributed by atoms with Crippen LogP contribution in [0.2, 0.25) is 0 Å². The van der Waals surface area contributed by atoms with Gasteiger partial charge in [-0.05, 0) is 24.6 Å². The van der Waals surface area contributed by atoms with Gasteiger partial charge in [0.15, 0.2) is 0 Å². The highest BCUT2D eigenvalue weighted by molar-refractivity contribution is 7.98. The Morgan fingerprint density at radius 1 is 1.08 bits per heavy atom. The van der Waals surface area contributed by atoms with E-state index >= 15 is 0 Å². The normalized spacial score (nSPS) is 11.1. The van der Waals surface area contributed by atoms with E-state index in [2.05, 4.69) is 15.2 Å². The average molecular weight is 364 g/mol. The van der Waals surface area contributed by atoms with Crippen molar-refractivity contribution in [2.75, 3.05) is 0 Å². The van der Waals surface area contributed by atoms with E-state index in [0.29, 0.717) is 34.6 Å². The van der Waals surface area contributed by atoms with Gasteiger partial charge in [0.2, 0.25) is 5.89 Å². The Kier molecular flexibility index (Phi) is 4.53. The predicted octanol–water partition coefficient (Wildman–Crippen LogP) is 3.27. The van der Waals surface area contributed by atoms with Crippen molar-refractivity contribution in [1.29, 1.82) is 0 Å². The Balaban J connectivity index is 1.48. The molecule has 7 heteroatoms. The van der Waals surface area contributed by atoms with E-state index in [1.54, 1.807) is 10.5 Å². The molecule has 0 amide bonds. The van der Waals surface area contributed by atoms with Gasteiger partial charge in [0, 0.05) is 17.5 Å². The molecule has 0 N–H and O–H groups in total. The summed E-state index contributed by atoms with van der Waals surface area (Å²) in [5.41, 5.74) is 3.23. The lowest BCUT2D eigenvalue weighted by molar-refractivity contribution is 0.420. The fourth-order valence-corrected chi connectivity index (χ4v) is 3.38. The van der Waals surface area contributed by atoms with E-state index < -0.39 is 0 Å². The van der Waals surface area contributed by atoms with Crippen LogP contribution < -0.4 is 5.56 Å². The molecule has 130 valence electrons. The molecule has 0 unspecified atom stereocenters. The van der Waals surface area contributed by atoms with Crippen molar-refractivity contribution in [3.63, 3.8) is 0 Å². The van der Waals surface area contributed by atoms with Gasteiger partial charge in [0.05, 0.1) is 12.1 Å². The Bertz CT molecular complexity index is 1110. The maximum Gasteiger partial charge on any atom is 0.276 e. The van der Waals surface area contributed by atoms with Crippen LogP contribution in [0.5, 0.6) is 0 Å². The zero-order chi connectivity index (χ0) is 17.9. The molecule has 0 radical (unpaired) electrons. The van der Waals surface area contributed by atoms with Crippen LogP contribution in [0, 0.1) is 6.92 Å². The van der Waals surface area contributed by atoms with Gasteiger partial charge >= 0.3 is 0 Å². The molecule has 4 aromatic rings. The third-order valence-electron chi connectivity index (χ3n) is 3.92. The summed E-state index contributed by atoms with van der Waals surface area (Å²) in [5.74, 6) is 1.06. The second kappa shape index (κ2) is 7.13. The van der Waals surface area contributed by atoms with E-state index in [4.69, 9.17) is 4.42 Å². The second-order valence-electron chi connectivity index (χ2n) is 5.86. The zero-order valence-electron chi connectivity index (χ0n) is 14.1. The summed E-state index contributed by atoms with van der Waals surface area (Å²) in [4.78, 5) is 16.8. The molecule has 3 aromatic heterocycles. The minimum Gasteiger partial charge on any atom is -0.416 e. The number of hydrogen-bond donors (Lipinski definition) is 0. The fraction of sp³-hybridized carbons (Fsp3) is 0.158. The lowest BCUT2D eigenvalue weighted by atomic mass is 10.2. The molecule has 0 saturated carbocycles. The second-order valence-corrected chi connectivity index (χ2v) is 6.79. The SMILES string of the molecule is Cc1cccc2nc(CSc3nnc(Cc4ccccc4)o3)cc(=O)n12. The number of aryl methyl sites for hydroxylation is 1. The first-order valence-electron chi connectivity index (χ1n) is 8.16. The third kappa shape index (κ3) is 3.52. The van der Waals surface area contributed by atoms with Crippen molar-refractivity contribution in [2.24, 2.45) is 0 Å². The van der Waals surface area contributed by atoms with E-state index in [9.17, 15) is 4.79 Å². The molecule has 1 aromatic carbocycles. The molecule has 0 aliphatic heterocycles. The maximum absolute atomic E-state index is 12.3. The molecule has 0 aliphatic rings. The molecule has 3 heterocycles. The van der Waals surface area contributed by atoms with Crippen LogP contribution in [-0.4, -0.2) is 19.6 Å². The van der Waals surface area contributed by atoms with Crippen molar-refractivity contribution < 1.29 is 4.42 Å². The van der Waals surface area contributed by atoms with Gasteiger partial charge in [-0.1, -0.05) is 48.2 Å². The molecule has 0 fully saturated rings. The van der Waals surface area contributed by atoms with Crippen LogP contribution in [0.4, 0.5) is 0 Å². The van der Waals surface area contributed by atoms with Gasteiger partial charge in [-0.2, -0.15) is 0 Å². The van der Waals surface area contributed by atoms with Gasteiger partial charge in [0.25, 0.3) is 10.8 Å². The molecular weight excluding hydrogens is 348 g/mol. The molecule has 0 aliphatic carbocycles. The third-order valence-corrected chi connectivity index (χ3v) is 4.78. The Morgan fingerprint density at radius 2 is 1.92 bits per heavy atom. The van der Waals surface area contributed by atoms with E-state index in [0.717, 1.165) is 11.3 Å². The van der Waals surface area contributed by atoms with Crippen LogP contribution in [0.1, 0.15) is 22.8 Å². The highest BCUT2D eigenvalue weighted by atomic mass is 32.2. The minimum atomic E-state index is -0.0843. The van der Waals surface area contributed by atoms with Crippen LogP contribution in [0.25, 0.3) is 5.65 Å². The number of nitrogens with zero attached hydrogens (tertiary/aromatic N) is 4. The highest BCUT2D eigenvalue weighted by Gasteiger charge is 2.10. The largest absolute Gasteiger partial charge is 0.416 e. The van der Waals surface area contributed by atoms with Crippen molar-refractivity contribution in [1.82, 2.24) is 19.6 Å². The first-order chi connectivity index (χ1) is 12.7. The first-order valence-corrected chi connectivity index (χ1v) is 9.15. The number of rotatable bonds is 5. The van der Waals surface area contributed by atoms with Gasteiger partial charge < -0.3 is 4.42 Å². The van der Waals surface area contributed by atoms with E-state index in [1.807, 2.05) is 55.5 Å². The molecule has 26 heavy (non-hydrogen) atoms. The van der Waals surface area contributed by atoms with Gasteiger partial charge in [-0.3, -0.25) is 9.20 Å². The zero-order valence-corrected chi connectivity index (χ0v) is 14.9. The molecule has 6 nitrogen and oxygen atoms in total. The lowest BCUT2D eigenvalue weighted by Gasteiger charge is -2.05. The lowest BCUT2D eigenvalue weighted by Crippen LogP contribution is -2.17. The quantitative estimate of drug-likeness (QED) is 0.506. The van der Waals surface area contributed by atoms with Crippen molar-refractivity contribution in [3.05, 3.63) is 87.8 Å². The number of hydrogen-bond acceptors (Lipinski definition) is 6. The van der Waals surface area contributed by atoms with Gasteiger partial charge in [0.1, 0.15) is 5.65 Å². The molecule has 0 spiro atoms. The Morgan fingerprint density at radius 3 is 2.77 bits per heavy atom. The smallest absolute Gasteiger partial charge is 0.276 e. The summed E-state index contributed by atoms with van der Waals surface area (Å²) in [6.45, 7) is 1.89. The molecule has 0 saturated heterocycles. The number of thioether (sulfide) groups is 1. The summed E-state index contributed by atoms with van der Waals surface area (Å²) >= 11 is 1.38. The number of fused-ring (bicyclic) bond motifs is 1. The fourth-order valence-electron chi connectivity index (χ4n) is 2.71. The number of benzene rings is 1. The van der Waals surface area contributed by atoms with Crippen LogP contribution in [0.3, 0.4) is 0 Å². The summed E-state index contributed by atoms with van der Waals surface area (Å²) in [5, 5.41) is 8.61. The minimum absolute atomic E-state index is 0.0843. The standard InChI is InChI=1S/C19H16N4O2S/c1-13-6-5-9-16-20-15(11-18(24)23(13)16)12-26-19-22-21-17(25-19)10-14-7-3-2-4-8-14/h2-9,11H,10,12H2,1H3. The summed E-state index contributed by atoms with van der Waals surface area (Å²) in [7, 11) is 0. The molecule has 0 bridgehead atoms. The van der Waals surface area contributed by atoms with Gasteiger partial charge in [-0.15, -0.1) is 10.2 Å². The summed E-state index contributed by atoms with van der Waals surface area (Å²) < 4.78 is 7.27. The molecular formula is C19H16N4O2S. The number of aromatic nitrogens is 4. The Hall–Kier alpha value is -2.93. The molecule has 4 rings (SSSR count). The van der Waals surface area contributed by atoms with Crippen LogP contribution in [-0.2, 0) is 12.2 Å². The maximum atomic E-state index is 12.3. The Labute approximate surface area is 153 Å².